The third-order valence-electron chi connectivity index (χ3n) is 3.69. The van der Waals surface area contributed by atoms with Gasteiger partial charge >= 0.3 is 0 Å². The van der Waals surface area contributed by atoms with Crippen LogP contribution in [0.4, 0.5) is 4.79 Å². The number of thioether (sulfide) groups is 1. The van der Waals surface area contributed by atoms with Gasteiger partial charge in [-0.25, -0.2) is 4.90 Å². The van der Waals surface area contributed by atoms with E-state index in [1.807, 2.05) is 61.5 Å². The number of carbonyl (C=O) groups is 2. The first-order valence-corrected chi connectivity index (χ1v) is 9.58. The molecule has 1 heterocycles. The molecule has 0 saturated carbocycles. The van der Waals surface area contributed by atoms with E-state index in [1.165, 1.54) is 0 Å². The fourth-order valence-corrected chi connectivity index (χ4v) is 3.89. The van der Waals surface area contributed by atoms with Gasteiger partial charge in [-0.2, -0.15) is 0 Å². The van der Waals surface area contributed by atoms with Crippen LogP contribution in [0.2, 0.25) is 0 Å². The molecule has 0 N–H and O–H groups in total. The number of halogens is 1. The van der Waals surface area contributed by atoms with Crippen molar-refractivity contribution < 1.29 is 9.59 Å². The summed E-state index contributed by atoms with van der Waals surface area (Å²) in [6.45, 7) is 2.01. The normalized spacial score (nSPS) is 15.9. The topological polar surface area (TPSA) is 37.4 Å². The zero-order chi connectivity index (χ0) is 18.0. The number of benzene rings is 2. The van der Waals surface area contributed by atoms with Crippen molar-refractivity contribution in [2.45, 2.75) is 13.3 Å². The van der Waals surface area contributed by atoms with E-state index in [9.17, 15) is 9.59 Å². The second-order valence-electron chi connectivity index (χ2n) is 5.62. The van der Waals surface area contributed by atoms with Gasteiger partial charge in [-0.15, -0.1) is 0 Å². The van der Waals surface area contributed by atoms with Gasteiger partial charge in [0.1, 0.15) is 4.99 Å². The van der Waals surface area contributed by atoms with E-state index in [4.69, 9.17) is 12.2 Å². The summed E-state index contributed by atoms with van der Waals surface area (Å²) in [7, 11) is 0. The van der Waals surface area contributed by atoms with Crippen LogP contribution in [-0.4, -0.2) is 21.0 Å². The molecule has 1 fully saturated rings. The zero-order valence-electron chi connectivity index (χ0n) is 13.4. The van der Waals surface area contributed by atoms with Crippen LogP contribution in [0.5, 0.6) is 0 Å². The highest BCUT2D eigenvalue weighted by Crippen LogP contribution is 2.33. The number of amides is 2. The van der Waals surface area contributed by atoms with Crippen molar-refractivity contribution in [2.24, 2.45) is 0 Å². The number of aryl methyl sites for hydroxylation is 1. The average Bonchev–Trinajstić information content (AvgIpc) is 2.85. The van der Waals surface area contributed by atoms with Gasteiger partial charge in [0.25, 0.3) is 5.24 Å². The molecule has 0 aliphatic carbocycles. The predicted molar refractivity (Wildman–Crippen MR) is 109 cm³/mol. The van der Waals surface area contributed by atoms with E-state index in [-0.39, 0.29) is 22.6 Å². The van der Waals surface area contributed by atoms with Crippen LogP contribution in [0.15, 0.2) is 57.9 Å². The molecule has 2 aromatic carbocycles. The maximum absolute atomic E-state index is 12.5. The lowest BCUT2D eigenvalue weighted by Crippen LogP contribution is -2.35. The summed E-state index contributed by atoms with van der Waals surface area (Å²) in [6, 6.07) is 15.3. The van der Waals surface area contributed by atoms with Crippen LogP contribution in [0.1, 0.15) is 16.7 Å². The maximum atomic E-state index is 12.5. The lowest BCUT2D eigenvalue weighted by atomic mass is 10.1. The number of thiocarbonyl (C=S) groups is 1. The smallest absolute Gasteiger partial charge is 0.274 e. The molecule has 2 amide bonds. The highest BCUT2D eigenvalue weighted by atomic mass is 79.9. The van der Waals surface area contributed by atoms with Crippen LogP contribution in [-0.2, 0) is 11.2 Å². The Bertz CT molecular complexity index is 873. The van der Waals surface area contributed by atoms with Crippen molar-refractivity contribution in [3.05, 3.63) is 74.6 Å². The molecule has 6 heteroatoms. The van der Waals surface area contributed by atoms with Crippen molar-refractivity contribution in [3.63, 3.8) is 0 Å². The first-order chi connectivity index (χ1) is 11.9. The summed E-state index contributed by atoms with van der Waals surface area (Å²) < 4.78 is 0.940. The molecule has 126 valence electrons. The molecule has 0 atom stereocenters. The van der Waals surface area contributed by atoms with Crippen molar-refractivity contribution in [2.75, 3.05) is 0 Å². The molecule has 2 aromatic rings. The Morgan fingerprint density at radius 3 is 2.44 bits per heavy atom. The van der Waals surface area contributed by atoms with Crippen molar-refractivity contribution in [1.82, 2.24) is 4.90 Å². The standard InChI is InChI=1S/C19H14BrNO2S2/c1-12-2-4-13(5-3-12)10-16-18(24)21(19(23)25-16)17(22)11-14-6-8-15(20)9-7-14/h2-10H,11H2,1H3/b16-10+. The van der Waals surface area contributed by atoms with Crippen molar-refractivity contribution in [3.8, 4) is 0 Å². The molecule has 1 saturated heterocycles. The molecular formula is C19H14BrNO2S2. The lowest BCUT2D eigenvalue weighted by Gasteiger charge is -2.12. The van der Waals surface area contributed by atoms with Crippen molar-refractivity contribution >= 4 is 62.1 Å². The fraction of sp³-hybridized carbons (Fsp3) is 0.105. The van der Waals surface area contributed by atoms with E-state index < -0.39 is 0 Å². The van der Waals surface area contributed by atoms with Crippen LogP contribution in [0, 0.1) is 6.92 Å². The zero-order valence-corrected chi connectivity index (χ0v) is 16.6. The first-order valence-electron chi connectivity index (χ1n) is 7.56. The van der Waals surface area contributed by atoms with Gasteiger partial charge in [-0.3, -0.25) is 9.59 Å². The lowest BCUT2D eigenvalue weighted by molar-refractivity contribution is -0.124. The van der Waals surface area contributed by atoms with E-state index >= 15 is 0 Å². The Hall–Kier alpha value is -1.76. The third kappa shape index (κ3) is 4.26. The molecular weight excluding hydrogens is 418 g/mol. The van der Waals surface area contributed by atoms with Crippen LogP contribution in [0.3, 0.4) is 0 Å². The number of hydrogen-bond acceptors (Lipinski definition) is 4. The Labute approximate surface area is 164 Å². The number of carbonyl (C=O) groups excluding carboxylic acids is 2. The van der Waals surface area contributed by atoms with Gasteiger partial charge in [0.15, 0.2) is 0 Å². The molecule has 0 aromatic heterocycles. The highest BCUT2D eigenvalue weighted by Gasteiger charge is 2.36. The van der Waals surface area contributed by atoms with Crippen LogP contribution >= 0.6 is 39.9 Å². The molecule has 0 unspecified atom stereocenters. The van der Waals surface area contributed by atoms with Gasteiger partial charge in [0.2, 0.25) is 5.91 Å². The van der Waals surface area contributed by atoms with Crippen molar-refractivity contribution in [1.29, 1.82) is 0 Å². The minimum atomic E-state index is -0.342. The Kier molecular flexibility index (Phi) is 5.51. The SMILES string of the molecule is Cc1ccc(/C=C2/SC(=O)N(C(=O)Cc3ccc(Br)cc3)C2=S)cc1. The summed E-state index contributed by atoms with van der Waals surface area (Å²) in [5.41, 5.74) is 2.95. The fourth-order valence-electron chi connectivity index (χ4n) is 2.35. The van der Waals surface area contributed by atoms with Crippen LogP contribution in [0.25, 0.3) is 6.08 Å². The van der Waals surface area contributed by atoms with Gasteiger partial charge in [-0.05, 0) is 48.0 Å². The molecule has 0 bridgehead atoms. The van der Waals surface area contributed by atoms with Gasteiger partial charge in [0, 0.05) is 4.47 Å². The maximum Gasteiger partial charge on any atom is 0.298 e. The largest absolute Gasteiger partial charge is 0.298 e. The average molecular weight is 432 g/mol. The summed E-state index contributed by atoms with van der Waals surface area (Å²) >= 11 is 9.73. The molecule has 3 nitrogen and oxygen atoms in total. The number of imide groups is 1. The molecule has 1 aliphatic rings. The molecule has 25 heavy (non-hydrogen) atoms. The van der Waals surface area contributed by atoms with E-state index in [0.717, 1.165) is 37.8 Å². The summed E-state index contributed by atoms with van der Waals surface area (Å²) in [4.78, 5) is 26.8. The Morgan fingerprint density at radius 2 is 1.80 bits per heavy atom. The molecule has 3 rings (SSSR count). The van der Waals surface area contributed by atoms with Crippen LogP contribution < -0.4 is 0 Å². The van der Waals surface area contributed by atoms with Gasteiger partial charge in [-0.1, -0.05) is 70.1 Å². The number of hydrogen-bond donors (Lipinski definition) is 0. The quantitative estimate of drug-likeness (QED) is 0.483. The summed E-state index contributed by atoms with van der Waals surface area (Å²) in [6.07, 6.45) is 1.98. The number of nitrogens with zero attached hydrogens (tertiary/aromatic N) is 1. The monoisotopic (exact) mass is 431 g/mol. The minimum absolute atomic E-state index is 0.136. The third-order valence-corrected chi connectivity index (χ3v) is 5.64. The summed E-state index contributed by atoms with van der Waals surface area (Å²) in [5.74, 6) is -0.308. The molecule has 0 spiro atoms. The molecule has 1 aliphatic heterocycles. The van der Waals surface area contributed by atoms with E-state index in [0.29, 0.717) is 4.91 Å². The van der Waals surface area contributed by atoms with E-state index in [2.05, 4.69) is 15.9 Å². The first kappa shape index (κ1) is 18.0. The Balaban J connectivity index is 1.77. The van der Waals surface area contributed by atoms with E-state index in [1.54, 1.807) is 0 Å². The number of rotatable bonds is 3. The summed E-state index contributed by atoms with van der Waals surface area (Å²) in [5, 5.41) is -0.342. The van der Waals surface area contributed by atoms with Gasteiger partial charge < -0.3 is 0 Å². The Morgan fingerprint density at radius 1 is 1.16 bits per heavy atom. The second kappa shape index (κ2) is 7.64. The predicted octanol–water partition coefficient (Wildman–Crippen LogP) is 5.36. The van der Waals surface area contributed by atoms with Gasteiger partial charge in [0.05, 0.1) is 11.3 Å². The molecule has 0 radical (unpaired) electrons. The second-order valence-corrected chi connectivity index (χ2v) is 7.92. The highest BCUT2D eigenvalue weighted by molar-refractivity contribution is 9.10. The minimum Gasteiger partial charge on any atom is -0.274 e.